The van der Waals surface area contributed by atoms with Gasteiger partial charge in [0.1, 0.15) is 0 Å². The van der Waals surface area contributed by atoms with E-state index >= 15 is 0 Å². The summed E-state index contributed by atoms with van der Waals surface area (Å²) in [4.78, 5) is 72.0. The van der Waals surface area contributed by atoms with Gasteiger partial charge in [-0.15, -0.1) is 0 Å². The Morgan fingerprint density at radius 2 is 1.19 bits per heavy atom. The molecule has 0 aromatic carbocycles. The highest BCUT2D eigenvalue weighted by Gasteiger charge is 2.12. The van der Waals surface area contributed by atoms with E-state index in [1.165, 1.54) is 24.7 Å². The number of nitrogens with zero attached hydrogens (tertiary/aromatic N) is 3. The van der Waals surface area contributed by atoms with E-state index < -0.39 is 36.1 Å². The number of carbonyl (C=O) groups excluding carboxylic acids is 5. The van der Waals surface area contributed by atoms with Crippen molar-refractivity contribution in [3.63, 3.8) is 0 Å². The van der Waals surface area contributed by atoms with Gasteiger partial charge in [0, 0.05) is 36.0 Å². The molecule has 0 radical (unpaired) electrons. The summed E-state index contributed by atoms with van der Waals surface area (Å²) in [5, 5.41) is 12.0. The number of rotatable bonds is 11. The van der Waals surface area contributed by atoms with E-state index in [0.717, 1.165) is 0 Å². The topological polar surface area (TPSA) is 184 Å². The maximum atomic E-state index is 12.4. The fourth-order valence-electron chi connectivity index (χ4n) is 2.85. The summed E-state index contributed by atoms with van der Waals surface area (Å²) in [6.07, 6.45) is 6.10. The van der Waals surface area contributed by atoms with Crippen LogP contribution in [-0.4, -0.2) is 70.7 Å². The van der Waals surface area contributed by atoms with E-state index in [1.54, 1.807) is 42.6 Å². The van der Waals surface area contributed by atoms with E-state index in [1.807, 2.05) is 0 Å². The molecule has 0 saturated carbocycles. The second-order valence-electron chi connectivity index (χ2n) is 7.44. The summed E-state index contributed by atoms with van der Waals surface area (Å²) in [5.41, 5.74) is 1.93. The molecular formula is C24H24N8O5. The molecule has 0 aliphatic heterocycles. The van der Waals surface area contributed by atoms with Crippen LogP contribution in [0.4, 0.5) is 5.69 Å². The van der Waals surface area contributed by atoms with E-state index in [9.17, 15) is 24.0 Å². The van der Waals surface area contributed by atoms with Crippen molar-refractivity contribution in [1.82, 2.24) is 36.2 Å². The third-order valence-corrected chi connectivity index (χ3v) is 4.66. The lowest BCUT2D eigenvalue weighted by Gasteiger charge is -2.09. The number of hydrogen-bond donors (Lipinski definition) is 5. The lowest BCUT2D eigenvalue weighted by molar-refractivity contribution is -0.128. The predicted octanol–water partition coefficient (Wildman–Crippen LogP) is -0.744. The van der Waals surface area contributed by atoms with Crippen molar-refractivity contribution in [2.75, 3.05) is 31.5 Å². The van der Waals surface area contributed by atoms with Gasteiger partial charge in [-0.3, -0.25) is 38.9 Å². The number of hydrogen-bond acceptors (Lipinski definition) is 8. The first-order valence-corrected chi connectivity index (χ1v) is 11.1. The van der Waals surface area contributed by atoms with Crippen molar-refractivity contribution in [2.24, 2.45) is 0 Å². The Morgan fingerprint density at radius 1 is 0.595 bits per heavy atom. The van der Waals surface area contributed by atoms with Crippen LogP contribution in [0.25, 0.3) is 11.4 Å². The first kappa shape index (κ1) is 26.4. The van der Waals surface area contributed by atoms with Gasteiger partial charge in [-0.2, -0.15) is 0 Å². The smallest absolute Gasteiger partial charge is 0.251 e. The minimum atomic E-state index is -0.620. The molecule has 3 aromatic rings. The second-order valence-corrected chi connectivity index (χ2v) is 7.44. The Balaban J connectivity index is 1.31. The van der Waals surface area contributed by atoms with Gasteiger partial charge in [-0.25, -0.2) is 0 Å². The molecule has 190 valence electrons. The third kappa shape index (κ3) is 9.16. The van der Waals surface area contributed by atoms with Crippen LogP contribution < -0.4 is 26.6 Å². The normalized spacial score (nSPS) is 10.1. The number of nitrogens with one attached hydrogen (secondary N) is 5. The van der Waals surface area contributed by atoms with Gasteiger partial charge in [-0.1, -0.05) is 6.07 Å². The summed E-state index contributed by atoms with van der Waals surface area (Å²) < 4.78 is 0. The standard InChI is InChI=1S/C24H24N8O5/c33-20(28-13-21(34)30-15-23(36)32-17-5-8-25-9-6-17)12-29-22(35)14-31-24(37)16-4-10-27-19(11-16)18-3-1-2-7-26-18/h1-11H,12-15H2,(H,28,33)(H,29,35)(H,30,34)(H,31,37)(H,25,32,36). The van der Waals surface area contributed by atoms with Crippen LogP contribution >= 0.6 is 0 Å². The molecule has 13 heteroatoms. The van der Waals surface area contributed by atoms with Crippen LogP contribution in [-0.2, 0) is 19.2 Å². The zero-order valence-electron chi connectivity index (χ0n) is 19.6. The Kier molecular flexibility index (Phi) is 9.73. The SMILES string of the molecule is O=C(CNC(=O)CNC(=O)c1ccnc(-c2ccccn2)c1)NCC(=O)NCC(=O)Nc1ccncc1. The molecule has 3 rings (SSSR count). The first-order valence-electron chi connectivity index (χ1n) is 11.1. The van der Waals surface area contributed by atoms with E-state index in [4.69, 9.17) is 0 Å². The summed E-state index contributed by atoms with van der Waals surface area (Å²) in [5.74, 6) is -2.74. The van der Waals surface area contributed by atoms with E-state index in [0.29, 0.717) is 22.6 Å². The maximum Gasteiger partial charge on any atom is 0.251 e. The molecule has 0 atom stereocenters. The maximum absolute atomic E-state index is 12.4. The van der Waals surface area contributed by atoms with Gasteiger partial charge in [-0.05, 0) is 36.4 Å². The zero-order valence-corrected chi connectivity index (χ0v) is 19.6. The van der Waals surface area contributed by atoms with Crippen LogP contribution in [0.5, 0.6) is 0 Å². The molecule has 5 amide bonds. The molecule has 5 N–H and O–H groups in total. The summed E-state index contributed by atoms with van der Waals surface area (Å²) in [6, 6.07) is 11.6. The van der Waals surface area contributed by atoms with Gasteiger partial charge in [0.05, 0.1) is 37.6 Å². The molecule has 0 saturated heterocycles. The average Bonchev–Trinajstić information content (AvgIpc) is 2.93. The average molecular weight is 505 g/mol. The van der Waals surface area contributed by atoms with Crippen molar-refractivity contribution in [3.05, 3.63) is 72.8 Å². The molecule has 0 bridgehead atoms. The largest absolute Gasteiger partial charge is 0.346 e. The third-order valence-electron chi connectivity index (χ3n) is 4.66. The summed E-state index contributed by atoms with van der Waals surface area (Å²) >= 11 is 0. The lowest BCUT2D eigenvalue weighted by atomic mass is 10.1. The molecule has 0 aliphatic carbocycles. The minimum absolute atomic E-state index is 0.283. The van der Waals surface area contributed by atoms with E-state index in [2.05, 4.69) is 41.5 Å². The number of amides is 5. The highest BCUT2D eigenvalue weighted by Crippen LogP contribution is 2.14. The molecular weight excluding hydrogens is 480 g/mol. The molecule has 13 nitrogen and oxygen atoms in total. The highest BCUT2D eigenvalue weighted by atomic mass is 16.2. The fourth-order valence-corrected chi connectivity index (χ4v) is 2.85. The van der Waals surface area contributed by atoms with E-state index in [-0.39, 0.29) is 19.6 Å². The first-order chi connectivity index (χ1) is 17.9. The fraction of sp³-hybridized carbons (Fsp3) is 0.167. The van der Waals surface area contributed by atoms with Crippen LogP contribution in [0.2, 0.25) is 0 Å². The van der Waals surface area contributed by atoms with Crippen LogP contribution in [0.1, 0.15) is 10.4 Å². The van der Waals surface area contributed by atoms with Gasteiger partial charge < -0.3 is 26.6 Å². The molecule has 0 fully saturated rings. The summed E-state index contributed by atoms with van der Waals surface area (Å²) in [7, 11) is 0. The predicted molar refractivity (Wildman–Crippen MR) is 132 cm³/mol. The van der Waals surface area contributed by atoms with Crippen LogP contribution in [0.3, 0.4) is 0 Å². The van der Waals surface area contributed by atoms with Gasteiger partial charge in [0.2, 0.25) is 23.6 Å². The van der Waals surface area contributed by atoms with Crippen molar-refractivity contribution >= 4 is 35.2 Å². The molecule has 0 aliphatic rings. The van der Waals surface area contributed by atoms with Crippen LogP contribution in [0.15, 0.2) is 67.3 Å². The Bertz CT molecular complexity index is 1250. The van der Waals surface area contributed by atoms with Crippen molar-refractivity contribution < 1.29 is 24.0 Å². The van der Waals surface area contributed by atoms with Gasteiger partial charge in [0.15, 0.2) is 0 Å². The Hall–Kier alpha value is -5.20. The monoisotopic (exact) mass is 504 g/mol. The molecule has 0 unspecified atom stereocenters. The second kappa shape index (κ2) is 13.6. The number of anilines is 1. The van der Waals surface area contributed by atoms with Crippen LogP contribution in [0, 0.1) is 0 Å². The number of aromatic nitrogens is 3. The van der Waals surface area contributed by atoms with Crippen molar-refractivity contribution in [1.29, 1.82) is 0 Å². The quantitative estimate of drug-likeness (QED) is 0.226. The molecule has 3 aromatic heterocycles. The number of carbonyl (C=O) groups is 5. The Labute approximate surface area is 211 Å². The minimum Gasteiger partial charge on any atom is -0.346 e. The lowest BCUT2D eigenvalue weighted by Crippen LogP contribution is -2.45. The number of pyridine rings is 3. The molecule has 37 heavy (non-hydrogen) atoms. The van der Waals surface area contributed by atoms with Crippen molar-refractivity contribution in [3.8, 4) is 11.4 Å². The molecule has 0 spiro atoms. The zero-order chi connectivity index (χ0) is 26.5. The van der Waals surface area contributed by atoms with Crippen molar-refractivity contribution in [2.45, 2.75) is 0 Å². The van der Waals surface area contributed by atoms with Gasteiger partial charge >= 0.3 is 0 Å². The highest BCUT2D eigenvalue weighted by molar-refractivity contribution is 5.98. The Morgan fingerprint density at radius 3 is 1.81 bits per heavy atom. The summed E-state index contributed by atoms with van der Waals surface area (Å²) in [6.45, 7) is -1.42. The van der Waals surface area contributed by atoms with Gasteiger partial charge in [0.25, 0.3) is 5.91 Å². The molecule has 3 heterocycles.